The van der Waals surface area contributed by atoms with Crippen molar-refractivity contribution >= 4 is 23.5 Å². The molecule has 1 N–H and O–H groups in total. The molecule has 1 saturated heterocycles. The van der Waals surface area contributed by atoms with Gasteiger partial charge in [0, 0.05) is 24.2 Å². The first-order valence-electron chi connectivity index (χ1n) is 7.44. The van der Waals surface area contributed by atoms with Crippen molar-refractivity contribution in [1.82, 2.24) is 15.1 Å². The number of carbonyl (C=O) groups is 2. The molecule has 0 spiro atoms. The second-order valence-electron chi connectivity index (χ2n) is 5.77. The van der Waals surface area contributed by atoms with Gasteiger partial charge in [-0.15, -0.1) is 0 Å². The maximum absolute atomic E-state index is 11.6. The van der Waals surface area contributed by atoms with E-state index in [-0.39, 0.29) is 24.5 Å². The minimum atomic E-state index is -0.295. The molecule has 6 heteroatoms. The summed E-state index contributed by atoms with van der Waals surface area (Å²) in [4.78, 5) is 26.5. The Hall–Kier alpha value is -1.59. The number of carbonyl (C=O) groups excluding carboxylic acids is 2. The molecule has 5 nitrogen and oxygen atoms in total. The van der Waals surface area contributed by atoms with Crippen molar-refractivity contribution < 1.29 is 9.59 Å². The average molecular weight is 324 g/mol. The van der Waals surface area contributed by atoms with Crippen LogP contribution in [0.5, 0.6) is 0 Å². The molecular weight excluding hydrogens is 302 g/mol. The van der Waals surface area contributed by atoms with Crippen LogP contribution in [0.1, 0.15) is 25.3 Å². The van der Waals surface area contributed by atoms with E-state index < -0.39 is 0 Å². The lowest BCUT2D eigenvalue weighted by Crippen LogP contribution is -2.41. The second-order valence-corrected chi connectivity index (χ2v) is 6.20. The Labute approximate surface area is 136 Å². The molecule has 1 aliphatic rings. The summed E-state index contributed by atoms with van der Waals surface area (Å²) in [5, 5.41) is 3.26. The summed E-state index contributed by atoms with van der Waals surface area (Å²) in [5.74, 6) is 0.169. The van der Waals surface area contributed by atoms with Gasteiger partial charge in [0.1, 0.15) is 0 Å². The topological polar surface area (TPSA) is 52.6 Å². The zero-order valence-electron chi connectivity index (χ0n) is 13.2. The van der Waals surface area contributed by atoms with Crippen LogP contribution in [0.2, 0.25) is 5.02 Å². The van der Waals surface area contributed by atoms with Gasteiger partial charge in [-0.2, -0.15) is 0 Å². The van der Waals surface area contributed by atoms with Gasteiger partial charge >= 0.3 is 6.03 Å². The summed E-state index contributed by atoms with van der Waals surface area (Å²) in [5.41, 5.74) is 1.22. The number of hydrogen-bond donors (Lipinski definition) is 1. The van der Waals surface area contributed by atoms with Gasteiger partial charge in [-0.3, -0.25) is 9.69 Å². The van der Waals surface area contributed by atoms with Crippen molar-refractivity contribution in [1.29, 1.82) is 0 Å². The van der Waals surface area contributed by atoms with Crippen LogP contribution in [0.4, 0.5) is 4.79 Å². The SMILES string of the molecule is C[C@H]([C@@H](C)c1ccc(Cl)cc1)N(C)CCN1C(=O)CNC1=O. The van der Waals surface area contributed by atoms with E-state index in [1.165, 1.54) is 10.5 Å². The zero-order chi connectivity index (χ0) is 16.3. The van der Waals surface area contributed by atoms with Gasteiger partial charge in [-0.05, 0) is 37.6 Å². The first kappa shape index (κ1) is 16.8. The van der Waals surface area contributed by atoms with E-state index in [1.54, 1.807) is 0 Å². The van der Waals surface area contributed by atoms with Crippen LogP contribution < -0.4 is 5.32 Å². The molecule has 0 bridgehead atoms. The molecule has 1 heterocycles. The molecule has 0 aliphatic carbocycles. The van der Waals surface area contributed by atoms with Crippen LogP contribution in [0, 0.1) is 0 Å². The number of likely N-dealkylation sites (N-methyl/N-ethyl adjacent to an activating group) is 1. The highest BCUT2D eigenvalue weighted by atomic mass is 35.5. The quantitative estimate of drug-likeness (QED) is 0.817. The molecule has 1 aromatic carbocycles. The average Bonchev–Trinajstić information content (AvgIpc) is 2.83. The van der Waals surface area contributed by atoms with Crippen LogP contribution in [-0.4, -0.2) is 54.5 Å². The van der Waals surface area contributed by atoms with Crippen molar-refractivity contribution in [2.45, 2.75) is 25.8 Å². The van der Waals surface area contributed by atoms with Crippen molar-refractivity contribution in [2.75, 3.05) is 26.7 Å². The van der Waals surface area contributed by atoms with Gasteiger partial charge in [0.2, 0.25) is 5.91 Å². The lowest BCUT2D eigenvalue weighted by atomic mass is 9.93. The molecule has 1 fully saturated rings. The van der Waals surface area contributed by atoms with Crippen molar-refractivity contribution in [3.05, 3.63) is 34.9 Å². The molecule has 3 amide bonds. The first-order chi connectivity index (χ1) is 10.4. The summed E-state index contributed by atoms with van der Waals surface area (Å²) < 4.78 is 0. The van der Waals surface area contributed by atoms with Crippen molar-refractivity contribution in [3.63, 3.8) is 0 Å². The molecule has 120 valence electrons. The van der Waals surface area contributed by atoms with E-state index in [9.17, 15) is 9.59 Å². The maximum atomic E-state index is 11.6. The van der Waals surface area contributed by atoms with E-state index in [0.717, 1.165) is 5.02 Å². The standard InChI is InChI=1S/C16H22ClN3O2/c1-11(13-4-6-14(17)7-5-13)12(2)19(3)8-9-20-15(21)10-18-16(20)22/h4-7,11-12H,8-10H2,1-3H3,(H,18,22)/t11-,12-/m1/s1. The summed E-state index contributed by atoms with van der Waals surface area (Å²) >= 11 is 5.92. The van der Waals surface area contributed by atoms with Crippen molar-refractivity contribution in [3.8, 4) is 0 Å². The third-order valence-corrected chi connectivity index (χ3v) is 4.68. The normalized spacial score (nSPS) is 17.8. The number of nitrogens with zero attached hydrogens (tertiary/aromatic N) is 2. The number of hydrogen-bond acceptors (Lipinski definition) is 3. The molecule has 0 unspecified atom stereocenters. The van der Waals surface area contributed by atoms with E-state index in [1.807, 2.05) is 31.3 Å². The molecule has 1 aromatic rings. The third-order valence-electron chi connectivity index (χ3n) is 4.43. The van der Waals surface area contributed by atoms with Gasteiger partial charge in [-0.25, -0.2) is 4.79 Å². The van der Waals surface area contributed by atoms with E-state index in [0.29, 0.717) is 19.0 Å². The van der Waals surface area contributed by atoms with Gasteiger partial charge in [0.15, 0.2) is 0 Å². The molecule has 2 atom stereocenters. The Morgan fingerprint density at radius 2 is 1.91 bits per heavy atom. The Kier molecular flexibility index (Phi) is 5.42. The van der Waals surface area contributed by atoms with Crippen LogP contribution in [0.15, 0.2) is 24.3 Å². The Morgan fingerprint density at radius 3 is 2.45 bits per heavy atom. The van der Waals surface area contributed by atoms with E-state index in [2.05, 4.69) is 24.1 Å². The summed E-state index contributed by atoms with van der Waals surface area (Å²) in [6.07, 6.45) is 0. The zero-order valence-corrected chi connectivity index (χ0v) is 13.9. The van der Waals surface area contributed by atoms with Gasteiger partial charge in [-0.1, -0.05) is 30.7 Å². The molecule has 0 radical (unpaired) electrons. The highest BCUT2D eigenvalue weighted by molar-refractivity contribution is 6.30. The lowest BCUT2D eigenvalue weighted by molar-refractivity contribution is -0.125. The third kappa shape index (κ3) is 3.78. The fourth-order valence-corrected chi connectivity index (χ4v) is 2.70. The number of nitrogens with one attached hydrogen (secondary N) is 1. The predicted molar refractivity (Wildman–Crippen MR) is 87.1 cm³/mol. The molecule has 0 saturated carbocycles. The van der Waals surface area contributed by atoms with Crippen LogP contribution in [-0.2, 0) is 4.79 Å². The lowest BCUT2D eigenvalue weighted by Gasteiger charge is -2.31. The van der Waals surface area contributed by atoms with Gasteiger partial charge in [0.25, 0.3) is 0 Å². The minimum Gasteiger partial charge on any atom is -0.329 e. The number of urea groups is 1. The Bertz CT molecular complexity index is 531. The summed E-state index contributed by atoms with van der Waals surface area (Å²) in [6.45, 7) is 5.49. The number of benzene rings is 1. The highest BCUT2D eigenvalue weighted by Crippen LogP contribution is 2.23. The molecular formula is C16H22ClN3O2. The number of amides is 3. The van der Waals surface area contributed by atoms with Crippen molar-refractivity contribution in [2.24, 2.45) is 0 Å². The second kappa shape index (κ2) is 7.11. The van der Waals surface area contributed by atoms with Gasteiger partial charge < -0.3 is 10.2 Å². The maximum Gasteiger partial charge on any atom is 0.324 e. The number of halogens is 1. The Balaban J connectivity index is 1.91. The number of rotatable bonds is 6. The number of imide groups is 1. The smallest absolute Gasteiger partial charge is 0.324 e. The molecule has 2 rings (SSSR count). The van der Waals surface area contributed by atoms with Crippen LogP contribution in [0.3, 0.4) is 0 Å². The largest absolute Gasteiger partial charge is 0.329 e. The monoisotopic (exact) mass is 323 g/mol. The van der Waals surface area contributed by atoms with E-state index >= 15 is 0 Å². The fraction of sp³-hybridized carbons (Fsp3) is 0.500. The van der Waals surface area contributed by atoms with Crippen LogP contribution >= 0.6 is 11.6 Å². The first-order valence-corrected chi connectivity index (χ1v) is 7.82. The molecule has 0 aromatic heterocycles. The Morgan fingerprint density at radius 1 is 1.27 bits per heavy atom. The van der Waals surface area contributed by atoms with Crippen LogP contribution in [0.25, 0.3) is 0 Å². The molecule has 1 aliphatic heterocycles. The summed E-state index contributed by atoms with van der Waals surface area (Å²) in [7, 11) is 2.01. The summed E-state index contributed by atoms with van der Waals surface area (Å²) in [6, 6.07) is 7.85. The van der Waals surface area contributed by atoms with Gasteiger partial charge in [0.05, 0.1) is 6.54 Å². The molecule has 22 heavy (non-hydrogen) atoms. The minimum absolute atomic E-state index is 0.110. The predicted octanol–water partition coefficient (Wildman–Crippen LogP) is 2.32. The fourth-order valence-electron chi connectivity index (χ4n) is 2.57. The highest BCUT2D eigenvalue weighted by Gasteiger charge is 2.29. The van der Waals surface area contributed by atoms with E-state index in [4.69, 9.17) is 11.6 Å².